The zero-order valence-corrected chi connectivity index (χ0v) is 16.3. The van der Waals surface area contributed by atoms with Gasteiger partial charge in [-0.1, -0.05) is 17.3 Å². The lowest BCUT2D eigenvalue weighted by molar-refractivity contribution is -0.113. The number of aromatic nitrogens is 1. The second-order valence-electron chi connectivity index (χ2n) is 7.00. The summed E-state index contributed by atoms with van der Waals surface area (Å²) in [5, 5.41) is 19.8. The molecule has 0 saturated heterocycles. The van der Waals surface area contributed by atoms with E-state index in [2.05, 4.69) is 21.9 Å². The number of benzene rings is 1. The number of allylic oxidation sites excluding steroid dienone is 1. The van der Waals surface area contributed by atoms with Gasteiger partial charge in [-0.25, -0.2) is 0 Å². The molecule has 4 rings (SSSR count). The first-order valence-corrected chi connectivity index (χ1v) is 9.44. The van der Waals surface area contributed by atoms with E-state index in [1.165, 1.54) is 0 Å². The molecular formula is C20H19N5O2S. The van der Waals surface area contributed by atoms with Gasteiger partial charge in [-0.05, 0) is 56.6 Å². The highest BCUT2D eigenvalue weighted by atomic mass is 32.1. The number of rotatable bonds is 4. The van der Waals surface area contributed by atoms with Crippen molar-refractivity contribution in [1.82, 2.24) is 15.4 Å². The van der Waals surface area contributed by atoms with Crippen LogP contribution in [-0.4, -0.2) is 27.1 Å². The number of hydrogen-bond acceptors (Lipinski definition) is 5. The van der Waals surface area contributed by atoms with Crippen LogP contribution in [0.4, 0.5) is 5.82 Å². The smallest absolute Gasteiger partial charge is 0.257 e. The number of carbonyl (C=O) groups excluding carboxylic acids is 1. The number of hydrogen-bond donors (Lipinski definition) is 2. The van der Waals surface area contributed by atoms with Gasteiger partial charge < -0.3 is 20.1 Å². The monoisotopic (exact) mass is 393 g/mol. The molecule has 2 heterocycles. The third-order valence-corrected chi connectivity index (χ3v) is 5.22. The summed E-state index contributed by atoms with van der Waals surface area (Å²) in [5.41, 5.74) is 2.70. The molecule has 0 spiro atoms. The van der Waals surface area contributed by atoms with Crippen molar-refractivity contribution in [2.45, 2.75) is 38.8 Å². The lowest BCUT2D eigenvalue weighted by atomic mass is 9.93. The summed E-state index contributed by atoms with van der Waals surface area (Å²) in [4.78, 5) is 15.2. The van der Waals surface area contributed by atoms with Crippen molar-refractivity contribution in [3.63, 3.8) is 0 Å². The first kappa shape index (κ1) is 18.2. The van der Waals surface area contributed by atoms with Crippen LogP contribution in [0.5, 0.6) is 0 Å². The molecule has 1 aliphatic carbocycles. The fourth-order valence-electron chi connectivity index (χ4n) is 3.47. The van der Waals surface area contributed by atoms with E-state index in [-0.39, 0.29) is 5.91 Å². The Morgan fingerprint density at radius 3 is 2.82 bits per heavy atom. The van der Waals surface area contributed by atoms with Crippen LogP contribution < -0.4 is 10.6 Å². The SMILES string of the molecule is CC1=C(C(=O)Nc2cc(C)on2)C(c2cccc(C#N)c2)NC(=S)N1C1CC1. The fourth-order valence-corrected chi connectivity index (χ4v) is 3.87. The van der Waals surface area contributed by atoms with Crippen LogP contribution in [0.2, 0.25) is 0 Å². The van der Waals surface area contributed by atoms with E-state index in [9.17, 15) is 10.1 Å². The lowest BCUT2D eigenvalue weighted by Crippen LogP contribution is -2.49. The molecule has 1 atom stereocenters. The molecular weight excluding hydrogens is 374 g/mol. The van der Waals surface area contributed by atoms with E-state index in [1.54, 1.807) is 31.2 Å². The Balaban J connectivity index is 1.75. The van der Waals surface area contributed by atoms with Gasteiger partial charge in [-0.3, -0.25) is 4.79 Å². The van der Waals surface area contributed by atoms with Crippen molar-refractivity contribution in [3.05, 3.63) is 58.5 Å². The van der Waals surface area contributed by atoms with E-state index < -0.39 is 6.04 Å². The Labute approximate surface area is 168 Å². The van der Waals surface area contributed by atoms with Gasteiger partial charge in [0.1, 0.15) is 5.76 Å². The summed E-state index contributed by atoms with van der Waals surface area (Å²) in [6.45, 7) is 3.67. The molecule has 2 N–H and O–H groups in total. The van der Waals surface area contributed by atoms with Gasteiger partial charge in [-0.15, -0.1) is 0 Å². The molecule has 0 bridgehead atoms. The number of amides is 1. The van der Waals surface area contributed by atoms with Gasteiger partial charge in [0.15, 0.2) is 10.9 Å². The van der Waals surface area contributed by atoms with Gasteiger partial charge in [0.25, 0.3) is 5.91 Å². The molecule has 1 fully saturated rings. The number of nitriles is 1. The highest BCUT2D eigenvalue weighted by Gasteiger charge is 2.40. The molecule has 1 aromatic heterocycles. The summed E-state index contributed by atoms with van der Waals surface area (Å²) in [5.74, 6) is 0.694. The molecule has 8 heteroatoms. The van der Waals surface area contributed by atoms with Gasteiger partial charge in [0, 0.05) is 17.8 Å². The van der Waals surface area contributed by atoms with Crippen molar-refractivity contribution in [1.29, 1.82) is 5.26 Å². The number of carbonyl (C=O) groups is 1. The minimum absolute atomic E-state index is 0.279. The van der Waals surface area contributed by atoms with Gasteiger partial charge in [0.05, 0.1) is 23.2 Å². The maximum Gasteiger partial charge on any atom is 0.257 e. The maximum absolute atomic E-state index is 13.2. The highest BCUT2D eigenvalue weighted by Crippen LogP contribution is 2.38. The first-order chi connectivity index (χ1) is 13.5. The van der Waals surface area contributed by atoms with Gasteiger partial charge in [0.2, 0.25) is 0 Å². The first-order valence-electron chi connectivity index (χ1n) is 9.03. The van der Waals surface area contributed by atoms with E-state index in [1.807, 2.05) is 17.9 Å². The average molecular weight is 393 g/mol. The summed E-state index contributed by atoms with van der Waals surface area (Å²) in [6.07, 6.45) is 2.09. The van der Waals surface area contributed by atoms with Crippen LogP contribution in [0.3, 0.4) is 0 Å². The van der Waals surface area contributed by atoms with Crippen LogP contribution in [0.25, 0.3) is 0 Å². The third-order valence-electron chi connectivity index (χ3n) is 4.90. The summed E-state index contributed by atoms with van der Waals surface area (Å²) < 4.78 is 5.04. The minimum Gasteiger partial charge on any atom is -0.360 e. The van der Waals surface area contributed by atoms with E-state index in [0.29, 0.717) is 33.9 Å². The number of anilines is 1. The molecule has 1 aromatic carbocycles. The van der Waals surface area contributed by atoms with Crippen LogP contribution in [0, 0.1) is 18.3 Å². The zero-order chi connectivity index (χ0) is 19.8. The predicted molar refractivity (Wildman–Crippen MR) is 107 cm³/mol. The van der Waals surface area contributed by atoms with Gasteiger partial charge in [-0.2, -0.15) is 5.26 Å². The van der Waals surface area contributed by atoms with Crippen molar-refractivity contribution in [2.24, 2.45) is 0 Å². The molecule has 142 valence electrons. The molecule has 2 aliphatic rings. The van der Waals surface area contributed by atoms with Crippen LogP contribution in [-0.2, 0) is 4.79 Å². The molecule has 1 aliphatic heterocycles. The summed E-state index contributed by atoms with van der Waals surface area (Å²) in [7, 11) is 0. The fraction of sp³-hybridized carbons (Fsp3) is 0.300. The lowest BCUT2D eigenvalue weighted by Gasteiger charge is -2.38. The molecule has 7 nitrogen and oxygen atoms in total. The normalized spacial score (nSPS) is 19.2. The molecule has 1 saturated carbocycles. The van der Waals surface area contributed by atoms with Crippen molar-refractivity contribution < 1.29 is 9.32 Å². The number of nitrogens with one attached hydrogen (secondary N) is 2. The topological polar surface area (TPSA) is 94.2 Å². The van der Waals surface area contributed by atoms with E-state index in [4.69, 9.17) is 16.7 Å². The molecule has 2 aromatic rings. The van der Waals surface area contributed by atoms with E-state index in [0.717, 1.165) is 24.1 Å². The van der Waals surface area contributed by atoms with Gasteiger partial charge >= 0.3 is 0 Å². The second kappa shape index (κ2) is 7.09. The van der Waals surface area contributed by atoms with Crippen LogP contribution >= 0.6 is 12.2 Å². The average Bonchev–Trinajstić information content (AvgIpc) is 3.42. The Kier molecular flexibility index (Phi) is 4.61. The minimum atomic E-state index is -0.455. The third kappa shape index (κ3) is 3.37. The maximum atomic E-state index is 13.2. The van der Waals surface area contributed by atoms with Crippen LogP contribution in [0.1, 0.15) is 42.7 Å². The number of aryl methyl sites for hydroxylation is 1. The zero-order valence-electron chi connectivity index (χ0n) is 15.5. The van der Waals surface area contributed by atoms with Crippen molar-refractivity contribution in [2.75, 3.05) is 5.32 Å². The second-order valence-corrected chi connectivity index (χ2v) is 7.38. The number of thiocarbonyl (C=S) groups is 1. The molecule has 1 amide bonds. The molecule has 1 unspecified atom stereocenters. The standard InChI is InChI=1S/C20H19N5O2S/c1-11-8-16(24-27-11)22-19(26)17-12(2)25(15-6-7-15)20(28)23-18(17)14-5-3-4-13(9-14)10-21/h3-5,8-9,15,18H,6-7H2,1-2H3,(H,23,28)(H,22,24,26). The summed E-state index contributed by atoms with van der Waals surface area (Å²) in [6, 6.07) is 10.9. The molecule has 28 heavy (non-hydrogen) atoms. The van der Waals surface area contributed by atoms with E-state index >= 15 is 0 Å². The Morgan fingerprint density at radius 2 is 2.18 bits per heavy atom. The Morgan fingerprint density at radius 1 is 1.39 bits per heavy atom. The summed E-state index contributed by atoms with van der Waals surface area (Å²) >= 11 is 5.59. The predicted octanol–water partition coefficient (Wildman–Crippen LogP) is 3.16. The quantitative estimate of drug-likeness (QED) is 0.771. The molecule has 0 radical (unpaired) electrons. The van der Waals surface area contributed by atoms with Crippen LogP contribution in [0.15, 0.2) is 46.1 Å². The van der Waals surface area contributed by atoms with Crippen molar-refractivity contribution >= 4 is 29.1 Å². The highest BCUT2D eigenvalue weighted by molar-refractivity contribution is 7.80. The Hall–Kier alpha value is -3.18. The van der Waals surface area contributed by atoms with Crippen molar-refractivity contribution in [3.8, 4) is 6.07 Å². The Bertz CT molecular complexity index is 1030. The number of nitrogens with zero attached hydrogens (tertiary/aromatic N) is 3. The largest absolute Gasteiger partial charge is 0.360 e.